The predicted molar refractivity (Wildman–Crippen MR) is 150 cm³/mol. The Labute approximate surface area is 238 Å². The molecule has 0 saturated carbocycles. The van der Waals surface area contributed by atoms with Crippen LogP contribution in [0.15, 0.2) is 59.9 Å². The summed E-state index contributed by atoms with van der Waals surface area (Å²) in [6.07, 6.45) is 1.15. The van der Waals surface area contributed by atoms with Gasteiger partial charge in [0.05, 0.1) is 12.3 Å². The number of tetrazole rings is 1. The predicted octanol–water partition coefficient (Wildman–Crippen LogP) is 4.07. The van der Waals surface area contributed by atoms with Gasteiger partial charge in [0.25, 0.3) is 0 Å². The molecular weight excluding hydrogens is 528 g/mol. The highest BCUT2D eigenvalue weighted by molar-refractivity contribution is 5.88. The zero-order valence-corrected chi connectivity index (χ0v) is 23.7. The summed E-state index contributed by atoms with van der Waals surface area (Å²) < 4.78 is 10.4. The molecule has 0 bridgehead atoms. The fraction of sp³-hybridized carbons (Fsp3) is 0.414. The second kappa shape index (κ2) is 12.4. The van der Waals surface area contributed by atoms with E-state index in [0.29, 0.717) is 18.7 Å². The van der Waals surface area contributed by atoms with Gasteiger partial charge < -0.3 is 29.9 Å². The normalized spacial score (nSPS) is 17.0. The number of hydrogen-bond acceptors (Lipinski definition) is 10. The van der Waals surface area contributed by atoms with Crippen LogP contribution in [0.3, 0.4) is 0 Å². The average Bonchev–Trinajstić information content (AvgIpc) is 3.59. The molecule has 1 aliphatic heterocycles. The van der Waals surface area contributed by atoms with Crippen LogP contribution in [0.25, 0.3) is 22.5 Å². The van der Waals surface area contributed by atoms with Crippen molar-refractivity contribution in [2.45, 2.75) is 64.8 Å². The number of unbranched alkanes of at least 4 members (excludes halogenated alkanes) is 1. The number of ether oxygens (including phenoxy) is 2. The van der Waals surface area contributed by atoms with Crippen LogP contribution < -0.4 is 5.32 Å². The summed E-state index contributed by atoms with van der Waals surface area (Å²) in [5.74, 6) is -0.652. The Hall–Kier alpha value is -4.45. The van der Waals surface area contributed by atoms with Gasteiger partial charge in [-0.25, -0.2) is 14.7 Å². The molecule has 0 radical (unpaired) electrons. The molecule has 1 aliphatic rings. The number of carbonyl (C=O) groups excluding carboxylic acids is 1. The van der Waals surface area contributed by atoms with Crippen molar-refractivity contribution < 1.29 is 29.3 Å². The van der Waals surface area contributed by atoms with E-state index in [1.807, 2.05) is 55.5 Å². The number of carboxylic acids is 1. The minimum atomic E-state index is -1.49. The quantitative estimate of drug-likeness (QED) is 0.235. The highest BCUT2D eigenvalue weighted by Gasteiger charge is 2.50. The summed E-state index contributed by atoms with van der Waals surface area (Å²) in [5.41, 5.74) is 0.985. The molecule has 41 heavy (non-hydrogen) atoms. The number of H-pyrrole nitrogens is 1. The van der Waals surface area contributed by atoms with Gasteiger partial charge in [-0.05, 0) is 60.7 Å². The Balaban J connectivity index is 1.71. The number of aliphatic hydroxyl groups is 1. The molecular formula is C29H36N6O6. The molecule has 12 heteroatoms. The molecule has 4 N–H and O–H groups in total. The smallest absolute Gasteiger partial charge is 0.477 e. The number of aliphatic carboxylic acids is 1. The number of nitrogens with one attached hydrogen (secondary N) is 2. The first-order valence-corrected chi connectivity index (χ1v) is 13.6. The van der Waals surface area contributed by atoms with E-state index in [1.165, 1.54) is 13.8 Å². The van der Waals surface area contributed by atoms with Gasteiger partial charge in [-0.15, -0.1) is 5.10 Å². The molecule has 0 spiro atoms. The molecule has 2 aromatic carbocycles. The van der Waals surface area contributed by atoms with Crippen molar-refractivity contribution in [3.63, 3.8) is 0 Å². The summed E-state index contributed by atoms with van der Waals surface area (Å²) in [5, 5.41) is 38.7. The first-order chi connectivity index (χ1) is 19.6. The third-order valence-electron chi connectivity index (χ3n) is 6.96. The van der Waals surface area contributed by atoms with Crippen molar-refractivity contribution in [1.82, 2.24) is 30.8 Å². The monoisotopic (exact) mass is 564 g/mol. The molecule has 0 aliphatic carbocycles. The topological polar surface area (TPSA) is 163 Å². The molecule has 3 aromatic rings. The molecule has 1 aromatic heterocycles. The summed E-state index contributed by atoms with van der Waals surface area (Å²) in [6, 6.07) is 15.5. The molecule has 1 unspecified atom stereocenters. The van der Waals surface area contributed by atoms with E-state index in [0.717, 1.165) is 28.7 Å². The first kappa shape index (κ1) is 29.5. The second-order valence-corrected chi connectivity index (χ2v) is 10.4. The Kier molecular flexibility index (Phi) is 8.92. The third-order valence-corrected chi connectivity index (χ3v) is 6.96. The van der Waals surface area contributed by atoms with Crippen molar-refractivity contribution in [1.29, 1.82) is 0 Å². The van der Waals surface area contributed by atoms with Crippen LogP contribution in [0.4, 0.5) is 4.79 Å². The summed E-state index contributed by atoms with van der Waals surface area (Å²) >= 11 is 0. The van der Waals surface area contributed by atoms with Crippen LogP contribution in [0.1, 0.15) is 52.5 Å². The van der Waals surface area contributed by atoms with Crippen LogP contribution in [-0.2, 0) is 20.8 Å². The second-order valence-electron chi connectivity index (χ2n) is 10.4. The minimum absolute atomic E-state index is 0.0756. The van der Waals surface area contributed by atoms with E-state index in [9.17, 15) is 19.8 Å². The molecule has 1 atom stereocenters. The first-order valence-electron chi connectivity index (χ1n) is 13.6. The zero-order valence-electron chi connectivity index (χ0n) is 23.7. The molecule has 4 rings (SSSR count). The number of rotatable bonds is 12. The lowest BCUT2D eigenvalue weighted by molar-refractivity contribution is -0.135. The van der Waals surface area contributed by atoms with Crippen molar-refractivity contribution >= 4 is 12.1 Å². The van der Waals surface area contributed by atoms with Crippen molar-refractivity contribution in [2.24, 2.45) is 0 Å². The highest BCUT2D eigenvalue weighted by atomic mass is 16.7. The van der Waals surface area contributed by atoms with Gasteiger partial charge in [0.2, 0.25) is 0 Å². The number of carboxylic acid groups (broad SMARTS) is 1. The number of aromatic nitrogens is 4. The summed E-state index contributed by atoms with van der Waals surface area (Å²) in [6.45, 7) is 6.89. The summed E-state index contributed by atoms with van der Waals surface area (Å²) in [4.78, 5) is 26.5. The molecule has 0 amide bonds. The molecule has 12 nitrogen and oxygen atoms in total. The van der Waals surface area contributed by atoms with Crippen molar-refractivity contribution in [2.75, 3.05) is 13.2 Å². The number of benzene rings is 2. The number of aromatic amines is 1. The molecule has 218 valence electrons. The van der Waals surface area contributed by atoms with E-state index in [1.54, 1.807) is 11.8 Å². The number of nitrogens with zero attached hydrogens (tertiary/aromatic N) is 4. The van der Waals surface area contributed by atoms with Crippen LogP contribution in [0, 0.1) is 0 Å². The molecule has 0 saturated heterocycles. The maximum atomic E-state index is 12.6. The van der Waals surface area contributed by atoms with E-state index < -0.39 is 23.4 Å². The zero-order chi connectivity index (χ0) is 29.6. The largest absolute Gasteiger partial charge is 0.508 e. The third kappa shape index (κ3) is 6.49. The van der Waals surface area contributed by atoms with Gasteiger partial charge in [0, 0.05) is 12.1 Å². The van der Waals surface area contributed by atoms with Crippen LogP contribution >= 0.6 is 0 Å². The highest BCUT2D eigenvalue weighted by Crippen LogP contribution is 2.39. The maximum Gasteiger partial charge on any atom is 0.508 e. The van der Waals surface area contributed by atoms with Gasteiger partial charge in [0.1, 0.15) is 23.6 Å². The Morgan fingerprint density at radius 1 is 1.05 bits per heavy atom. The van der Waals surface area contributed by atoms with Gasteiger partial charge in [-0.3, -0.25) is 0 Å². The molecule has 2 heterocycles. The van der Waals surface area contributed by atoms with Gasteiger partial charge in [0.15, 0.2) is 5.82 Å². The van der Waals surface area contributed by atoms with E-state index in [2.05, 4.69) is 25.9 Å². The van der Waals surface area contributed by atoms with Crippen LogP contribution in [-0.4, -0.2) is 72.3 Å². The van der Waals surface area contributed by atoms with Crippen LogP contribution in [0.5, 0.6) is 0 Å². The number of carbonyl (C=O) groups is 2. The minimum Gasteiger partial charge on any atom is -0.477 e. The van der Waals surface area contributed by atoms with E-state index >= 15 is 0 Å². The van der Waals surface area contributed by atoms with Crippen LogP contribution in [0.2, 0.25) is 0 Å². The summed E-state index contributed by atoms with van der Waals surface area (Å²) in [7, 11) is 0. The van der Waals surface area contributed by atoms with Gasteiger partial charge in [-0.2, -0.15) is 0 Å². The molecule has 0 fully saturated rings. The SMILES string of the molecule is CCCCC1(COC(=O)OCC)NC(C(C)(C)O)=C(C(=O)O)N1Cc1ccc(-c2ccccc2-c2nnn[nH]2)cc1. The van der Waals surface area contributed by atoms with Crippen molar-refractivity contribution in [3.8, 4) is 22.5 Å². The van der Waals surface area contributed by atoms with Crippen molar-refractivity contribution in [3.05, 3.63) is 65.5 Å². The average molecular weight is 565 g/mol. The van der Waals surface area contributed by atoms with E-state index in [4.69, 9.17) is 9.47 Å². The fourth-order valence-electron chi connectivity index (χ4n) is 4.98. The lowest BCUT2D eigenvalue weighted by Gasteiger charge is -2.40. The Morgan fingerprint density at radius 3 is 2.34 bits per heavy atom. The van der Waals surface area contributed by atoms with Gasteiger partial charge >= 0.3 is 12.1 Å². The lowest BCUT2D eigenvalue weighted by Crippen LogP contribution is -2.57. The maximum absolute atomic E-state index is 12.6. The van der Waals surface area contributed by atoms with Gasteiger partial charge in [-0.1, -0.05) is 61.9 Å². The number of hydrogen-bond donors (Lipinski definition) is 4. The fourth-order valence-corrected chi connectivity index (χ4v) is 4.98. The Morgan fingerprint density at radius 2 is 1.76 bits per heavy atom. The standard InChI is InChI=1S/C29H36N6O6/c1-5-7-16-29(18-41-27(38)40-6-2)30-24(28(3,4)39)23(26(36)37)35(29)17-19-12-14-20(15-13-19)21-10-8-9-11-22(21)25-31-33-34-32-25/h8-15,30,39H,5-7,16-18H2,1-4H3,(H,36,37)(H,31,32,33,34). The van der Waals surface area contributed by atoms with E-state index in [-0.39, 0.29) is 31.2 Å². The lowest BCUT2D eigenvalue weighted by atomic mass is 9.97. The Bertz CT molecular complexity index is 1380.